The molecule has 0 aliphatic heterocycles. The van der Waals surface area contributed by atoms with Crippen molar-refractivity contribution in [3.8, 4) is 0 Å². The molecule has 13 heavy (non-hydrogen) atoms. The van der Waals surface area contributed by atoms with Crippen LogP contribution in [0.3, 0.4) is 0 Å². The molecule has 0 spiro atoms. The van der Waals surface area contributed by atoms with Crippen molar-refractivity contribution in [3.63, 3.8) is 0 Å². The van der Waals surface area contributed by atoms with Crippen LogP contribution < -0.4 is 0 Å². The van der Waals surface area contributed by atoms with Crippen molar-refractivity contribution in [2.45, 2.75) is 65.4 Å². The highest BCUT2D eigenvalue weighted by Gasteiger charge is 2.21. The minimum atomic E-state index is -0.00119. The molecule has 0 aromatic heterocycles. The number of aliphatic hydroxyl groups is 1. The van der Waals surface area contributed by atoms with Crippen molar-refractivity contribution in [2.24, 2.45) is 11.3 Å². The Bertz CT molecular complexity index is 146. The van der Waals surface area contributed by atoms with Gasteiger partial charge in [-0.15, -0.1) is 0 Å². The van der Waals surface area contributed by atoms with Gasteiger partial charge >= 0.3 is 0 Å². The Morgan fingerprint density at radius 1 is 1.23 bits per heavy atom. The molecule has 0 saturated heterocycles. The van der Waals surface area contributed by atoms with Gasteiger partial charge in [0.25, 0.3) is 0 Å². The first-order valence-electron chi connectivity index (χ1n) is 5.65. The third-order valence-corrected chi connectivity index (χ3v) is 3.06. The van der Waals surface area contributed by atoms with E-state index in [0.29, 0.717) is 5.41 Å². The average Bonchev–Trinajstić information content (AvgIpc) is 2.00. The Morgan fingerprint density at radius 3 is 2.46 bits per heavy atom. The standard InChI is InChI=1S/C12H24O/c1-12(2,3)8-7-10-5-4-6-11(13)9-10/h10-11,13H,4-9H2,1-3H3. The first-order valence-corrected chi connectivity index (χ1v) is 5.65. The summed E-state index contributed by atoms with van der Waals surface area (Å²) in [6.45, 7) is 6.89. The van der Waals surface area contributed by atoms with E-state index in [1.165, 1.54) is 25.7 Å². The molecule has 0 radical (unpaired) electrons. The van der Waals surface area contributed by atoms with Crippen LogP contribution in [0.15, 0.2) is 0 Å². The molecule has 1 rings (SSSR count). The molecular formula is C12H24O. The highest BCUT2D eigenvalue weighted by molar-refractivity contribution is 4.74. The lowest BCUT2D eigenvalue weighted by molar-refractivity contribution is 0.0938. The molecule has 2 atom stereocenters. The number of aliphatic hydroxyl groups excluding tert-OH is 1. The van der Waals surface area contributed by atoms with Gasteiger partial charge < -0.3 is 5.11 Å². The molecule has 1 N–H and O–H groups in total. The van der Waals surface area contributed by atoms with Gasteiger partial charge in [-0.2, -0.15) is 0 Å². The molecule has 0 amide bonds. The summed E-state index contributed by atoms with van der Waals surface area (Å²) in [5.41, 5.74) is 0.461. The van der Waals surface area contributed by atoms with Crippen LogP contribution in [0.5, 0.6) is 0 Å². The molecule has 1 nitrogen and oxygen atoms in total. The van der Waals surface area contributed by atoms with Crippen molar-refractivity contribution < 1.29 is 5.11 Å². The van der Waals surface area contributed by atoms with E-state index in [9.17, 15) is 5.11 Å². The van der Waals surface area contributed by atoms with E-state index in [4.69, 9.17) is 0 Å². The molecule has 0 aromatic carbocycles. The van der Waals surface area contributed by atoms with Crippen molar-refractivity contribution in [3.05, 3.63) is 0 Å². The van der Waals surface area contributed by atoms with Crippen molar-refractivity contribution in [1.29, 1.82) is 0 Å². The quantitative estimate of drug-likeness (QED) is 0.697. The first kappa shape index (κ1) is 11.0. The van der Waals surface area contributed by atoms with E-state index in [2.05, 4.69) is 20.8 Å². The molecule has 1 aliphatic carbocycles. The molecule has 1 aliphatic rings. The number of hydrogen-bond donors (Lipinski definition) is 1. The smallest absolute Gasteiger partial charge is 0.0542 e. The normalized spacial score (nSPS) is 30.5. The molecule has 1 heteroatoms. The van der Waals surface area contributed by atoms with E-state index in [1.54, 1.807) is 0 Å². The summed E-state index contributed by atoms with van der Waals surface area (Å²) in [5.74, 6) is 0.794. The van der Waals surface area contributed by atoms with Gasteiger partial charge in [-0.05, 0) is 37.0 Å². The van der Waals surface area contributed by atoms with Crippen LogP contribution in [-0.4, -0.2) is 11.2 Å². The molecular weight excluding hydrogens is 160 g/mol. The van der Waals surface area contributed by atoms with Gasteiger partial charge in [0.1, 0.15) is 0 Å². The fraction of sp³-hybridized carbons (Fsp3) is 1.00. The van der Waals surface area contributed by atoms with Gasteiger partial charge in [0.2, 0.25) is 0 Å². The monoisotopic (exact) mass is 184 g/mol. The lowest BCUT2D eigenvalue weighted by Gasteiger charge is -2.28. The second-order valence-electron chi connectivity index (χ2n) is 5.79. The van der Waals surface area contributed by atoms with Crippen LogP contribution >= 0.6 is 0 Å². The van der Waals surface area contributed by atoms with E-state index in [0.717, 1.165) is 18.8 Å². The van der Waals surface area contributed by atoms with E-state index < -0.39 is 0 Å². The van der Waals surface area contributed by atoms with E-state index >= 15 is 0 Å². The predicted octanol–water partition coefficient (Wildman–Crippen LogP) is 3.36. The Hall–Kier alpha value is -0.0400. The Balaban J connectivity index is 2.21. The minimum absolute atomic E-state index is 0.00119. The van der Waals surface area contributed by atoms with Crippen LogP contribution in [0.25, 0.3) is 0 Å². The van der Waals surface area contributed by atoms with Gasteiger partial charge in [-0.25, -0.2) is 0 Å². The van der Waals surface area contributed by atoms with Gasteiger partial charge in [0.05, 0.1) is 6.10 Å². The van der Waals surface area contributed by atoms with Crippen molar-refractivity contribution >= 4 is 0 Å². The van der Waals surface area contributed by atoms with Gasteiger partial charge in [0, 0.05) is 0 Å². The third kappa shape index (κ3) is 4.66. The van der Waals surface area contributed by atoms with Crippen molar-refractivity contribution in [2.75, 3.05) is 0 Å². The third-order valence-electron chi connectivity index (χ3n) is 3.06. The lowest BCUT2D eigenvalue weighted by Crippen LogP contribution is -2.20. The summed E-state index contributed by atoms with van der Waals surface area (Å²) in [6.07, 6.45) is 7.26. The molecule has 0 aromatic rings. The fourth-order valence-electron chi connectivity index (χ4n) is 2.16. The zero-order valence-electron chi connectivity index (χ0n) is 9.34. The summed E-state index contributed by atoms with van der Waals surface area (Å²) in [4.78, 5) is 0. The second kappa shape index (κ2) is 4.45. The average molecular weight is 184 g/mol. The van der Waals surface area contributed by atoms with Crippen LogP contribution in [0, 0.1) is 11.3 Å². The van der Waals surface area contributed by atoms with Crippen LogP contribution in [0.1, 0.15) is 59.3 Å². The summed E-state index contributed by atoms with van der Waals surface area (Å²) in [6, 6.07) is 0. The van der Waals surface area contributed by atoms with Gasteiger partial charge in [-0.3, -0.25) is 0 Å². The molecule has 1 saturated carbocycles. The van der Waals surface area contributed by atoms with E-state index in [1.807, 2.05) is 0 Å². The molecule has 1 fully saturated rings. The van der Waals surface area contributed by atoms with Gasteiger partial charge in [-0.1, -0.05) is 33.6 Å². The largest absolute Gasteiger partial charge is 0.393 e. The van der Waals surface area contributed by atoms with Crippen LogP contribution in [0.2, 0.25) is 0 Å². The van der Waals surface area contributed by atoms with Crippen LogP contribution in [-0.2, 0) is 0 Å². The Labute approximate surface area is 82.5 Å². The molecule has 78 valence electrons. The first-order chi connectivity index (χ1) is 5.97. The summed E-state index contributed by atoms with van der Waals surface area (Å²) in [7, 11) is 0. The Morgan fingerprint density at radius 2 is 1.92 bits per heavy atom. The zero-order valence-corrected chi connectivity index (χ0v) is 9.34. The molecule has 0 bridgehead atoms. The topological polar surface area (TPSA) is 20.2 Å². The highest BCUT2D eigenvalue weighted by Crippen LogP contribution is 2.31. The number of rotatable bonds is 2. The van der Waals surface area contributed by atoms with Crippen molar-refractivity contribution in [1.82, 2.24) is 0 Å². The minimum Gasteiger partial charge on any atom is -0.393 e. The fourth-order valence-corrected chi connectivity index (χ4v) is 2.16. The highest BCUT2D eigenvalue weighted by atomic mass is 16.3. The lowest BCUT2D eigenvalue weighted by atomic mass is 9.80. The second-order valence-corrected chi connectivity index (χ2v) is 5.79. The maximum atomic E-state index is 9.51. The maximum absolute atomic E-state index is 9.51. The predicted molar refractivity (Wildman–Crippen MR) is 56.7 cm³/mol. The molecule has 2 unspecified atom stereocenters. The molecule has 0 heterocycles. The SMILES string of the molecule is CC(C)(C)CCC1CCCC(O)C1. The maximum Gasteiger partial charge on any atom is 0.0542 e. The summed E-state index contributed by atoms with van der Waals surface area (Å²) < 4.78 is 0. The van der Waals surface area contributed by atoms with Gasteiger partial charge in [0.15, 0.2) is 0 Å². The van der Waals surface area contributed by atoms with Crippen LogP contribution in [0.4, 0.5) is 0 Å². The summed E-state index contributed by atoms with van der Waals surface area (Å²) >= 11 is 0. The number of hydrogen-bond acceptors (Lipinski definition) is 1. The zero-order chi connectivity index (χ0) is 9.90. The summed E-state index contributed by atoms with van der Waals surface area (Å²) in [5, 5.41) is 9.51. The van der Waals surface area contributed by atoms with E-state index in [-0.39, 0.29) is 6.10 Å². The Kier molecular flexibility index (Phi) is 3.78.